The number of hydrogen-bond acceptors (Lipinski definition) is 5. The molecule has 0 aliphatic rings. The number of rotatable bonds is 6. The zero-order valence-corrected chi connectivity index (χ0v) is 18.4. The van der Waals surface area contributed by atoms with Gasteiger partial charge in [0.1, 0.15) is 0 Å². The van der Waals surface area contributed by atoms with Gasteiger partial charge in [-0.15, -0.1) is 0 Å². The topological polar surface area (TPSA) is 89.5 Å². The van der Waals surface area contributed by atoms with E-state index in [4.69, 9.17) is 16.3 Å². The molecular formula is C23H20ClNO5S. The summed E-state index contributed by atoms with van der Waals surface area (Å²) in [5.74, 6) is -1.35. The van der Waals surface area contributed by atoms with Crippen molar-refractivity contribution in [1.29, 1.82) is 0 Å². The van der Waals surface area contributed by atoms with E-state index in [1.165, 1.54) is 19.1 Å². The zero-order chi connectivity index (χ0) is 22.6. The summed E-state index contributed by atoms with van der Waals surface area (Å²) in [7, 11) is -3.63. The van der Waals surface area contributed by atoms with Crippen LogP contribution in [0.2, 0.25) is 5.02 Å². The number of benzene rings is 3. The van der Waals surface area contributed by atoms with E-state index in [1.54, 1.807) is 12.1 Å². The van der Waals surface area contributed by atoms with Crippen LogP contribution < -0.4 is 5.32 Å². The minimum Gasteiger partial charge on any atom is -0.449 e. The average molecular weight is 458 g/mol. The molecule has 3 aromatic rings. The summed E-state index contributed by atoms with van der Waals surface area (Å²) in [5.41, 5.74) is 2.31. The standard InChI is InChI=1S/C23H20ClNO5S/c1-15(30-23(27)17-12-13-19(24)21(14-17)31(2,28)29)22(26)25-20-11-7-6-10-18(20)16-8-4-3-5-9-16/h3-15H,1-2H3,(H,25,26). The van der Waals surface area contributed by atoms with Crippen LogP contribution in [0.5, 0.6) is 0 Å². The molecule has 0 saturated carbocycles. The van der Waals surface area contributed by atoms with Gasteiger partial charge in [0, 0.05) is 17.5 Å². The van der Waals surface area contributed by atoms with Gasteiger partial charge < -0.3 is 10.1 Å². The van der Waals surface area contributed by atoms with Gasteiger partial charge in [-0.1, -0.05) is 60.1 Å². The van der Waals surface area contributed by atoms with E-state index in [9.17, 15) is 18.0 Å². The van der Waals surface area contributed by atoms with Crippen molar-refractivity contribution in [3.63, 3.8) is 0 Å². The van der Waals surface area contributed by atoms with Gasteiger partial charge in [0.25, 0.3) is 5.91 Å². The molecular weight excluding hydrogens is 438 g/mol. The largest absolute Gasteiger partial charge is 0.449 e. The van der Waals surface area contributed by atoms with Gasteiger partial charge in [-0.25, -0.2) is 13.2 Å². The van der Waals surface area contributed by atoms with E-state index in [0.29, 0.717) is 5.69 Å². The summed E-state index contributed by atoms with van der Waals surface area (Å²) in [5, 5.41) is 2.78. The first kappa shape index (κ1) is 22.5. The Labute approximate surface area is 185 Å². The van der Waals surface area contributed by atoms with Crippen LogP contribution in [0.3, 0.4) is 0 Å². The van der Waals surface area contributed by atoms with Gasteiger partial charge >= 0.3 is 5.97 Å². The first-order valence-corrected chi connectivity index (χ1v) is 11.6. The lowest BCUT2D eigenvalue weighted by Crippen LogP contribution is -2.30. The SMILES string of the molecule is CC(OC(=O)c1ccc(Cl)c(S(C)(=O)=O)c1)C(=O)Nc1ccccc1-c1ccccc1. The highest BCUT2D eigenvalue weighted by atomic mass is 35.5. The zero-order valence-electron chi connectivity index (χ0n) is 16.8. The van der Waals surface area contributed by atoms with Gasteiger partial charge in [0.15, 0.2) is 15.9 Å². The van der Waals surface area contributed by atoms with E-state index in [1.807, 2.05) is 42.5 Å². The minimum absolute atomic E-state index is 0.00219. The Bertz CT molecular complexity index is 1230. The molecule has 8 heteroatoms. The molecule has 0 spiro atoms. The van der Waals surface area contributed by atoms with Crippen molar-refractivity contribution >= 4 is 39.0 Å². The normalized spacial score (nSPS) is 12.1. The number of esters is 1. The molecule has 160 valence electrons. The molecule has 3 aromatic carbocycles. The maximum absolute atomic E-state index is 12.6. The highest BCUT2D eigenvalue weighted by Gasteiger charge is 2.22. The van der Waals surface area contributed by atoms with Crippen LogP contribution in [-0.2, 0) is 19.4 Å². The third-order valence-corrected chi connectivity index (χ3v) is 6.07. The van der Waals surface area contributed by atoms with Gasteiger partial charge in [0.05, 0.1) is 15.5 Å². The Morgan fingerprint density at radius 3 is 2.29 bits per heavy atom. The third-order valence-electron chi connectivity index (χ3n) is 4.49. The Balaban J connectivity index is 1.75. The van der Waals surface area contributed by atoms with Crippen LogP contribution in [-0.4, -0.2) is 32.7 Å². The summed E-state index contributed by atoms with van der Waals surface area (Å²) >= 11 is 5.90. The Morgan fingerprint density at radius 2 is 1.61 bits per heavy atom. The van der Waals surface area contributed by atoms with Gasteiger partial charge in [0.2, 0.25) is 0 Å². The summed E-state index contributed by atoms with van der Waals surface area (Å²) in [4.78, 5) is 24.9. The Morgan fingerprint density at radius 1 is 0.968 bits per heavy atom. The van der Waals surface area contributed by atoms with E-state index in [-0.39, 0.29) is 15.5 Å². The van der Waals surface area contributed by atoms with Gasteiger partial charge in [-0.05, 0) is 36.8 Å². The number of halogens is 1. The fraction of sp³-hybridized carbons (Fsp3) is 0.130. The lowest BCUT2D eigenvalue weighted by molar-refractivity contribution is -0.123. The molecule has 31 heavy (non-hydrogen) atoms. The van der Waals surface area contributed by atoms with Crippen LogP contribution in [0.4, 0.5) is 5.69 Å². The van der Waals surface area contributed by atoms with Crippen molar-refractivity contribution in [2.45, 2.75) is 17.9 Å². The summed E-state index contributed by atoms with van der Waals surface area (Å²) in [6, 6.07) is 20.6. The van der Waals surface area contributed by atoms with Crippen molar-refractivity contribution in [3.8, 4) is 11.1 Å². The molecule has 0 aliphatic heterocycles. The minimum atomic E-state index is -3.63. The van der Waals surface area contributed by atoms with Crippen molar-refractivity contribution in [2.75, 3.05) is 11.6 Å². The van der Waals surface area contributed by atoms with Crippen LogP contribution in [0.25, 0.3) is 11.1 Å². The van der Waals surface area contributed by atoms with Crippen LogP contribution >= 0.6 is 11.6 Å². The lowest BCUT2D eigenvalue weighted by Gasteiger charge is -2.16. The van der Waals surface area contributed by atoms with Crippen molar-refractivity contribution < 1.29 is 22.7 Å². The number of anilines is 1. The number of sulfone groups is 1. The molecule has 6 nitrogen and oxygen atoms in total. The number of carbonyl (C=O) groups excluding carboxylic acids is 2. The maximum atomic E-state index is 12.6. The average Bonchev–Trinajstić information content (AvgIpc) is 2.74. The Hall–Kier alpha value is -3.16. The summed E-state index contributed by atoms with van der Waals surface area (Å²) in [6.45, 7) is 1.44. The number of ether oxygens (including phenoxy) is 1. The van der Waals surface area contributed by atoms with Crippen molar-refractivity contribution in [3.05, 3.63) is 83.4 Å². The van der Waals surface area contributed by atoms with E-state index in [2.05, 4.69) is 5.32 Å². The predicted molar refractivity (Wildman–Crippen MR) is 120 cm³/mol. The molecule has 0 aliphatic carbocycles. The number of amides is 1. The van der Waals surface area contributed by atoms with Crippen molar-refractivity contribution in [2.24, 2.45) is 0 Å². The molecule has 1 unspecified atom stereocenters. The number of hydrogen-bond donors (Lipinski definition) is 1. The monoisotopic (exact) mass is 457 g/mol. The number of nitrogens with one attached hydrogen (secondary N) is 1. The highest BCUT2D eigenvalue weighted by molar-refractivity contribution is 7.90. The maximum Gasteiger partial charge on any atom is 0.338 e. The van der Waals surface area contributed by atoms with Crippen LogP contribution in [0.15, 0.2) is 77.7 Å². The second-order valence-electron chi connectivity index (χ2n) is 6.87. The molecule has 1 N–H and O–H groups in total. The highest BCUT2D eigenvalue weighted by Crippen LogP contribution is 2.28. The predicted octanol–water partition coefficient (Wildman–Crippen LogP) is 4.59. The third kappa shape index (κ3) is 5.51. The van der Waals surface area contributed by atoms with Crippen molar-refractivity contribution in [1.82, 2.24) is 0 Å². The van der Waals surface area contributed by atoms with Crippen LogP contribution in [0.1, 0.15) is 17.3 Å². The van der Waals surface area contributed by atoms with E-state index < -0.39 is 27.8 Å². The molecule has 1 amide bonds. The second-order valence-corrected chi connectivity index (χ2v) is 9.26. The quantitative estimate of drug-likeness (QED) is 0.546. The Kier molecular flexibility index (Phi) is 6.77. The summed E-state index contributed by atoms with van der Waals surface area (Å²) in [6.07, 6.45) is -0.127. The molecule has 1 atom stereocenters. The molecule has 0 heterocycles. The molecule has 0 bridgehead atoms. The molecule has 3 rings (SSSR count). The molecule has 0 saturated heterocycles. The lowest BCUT2D eigenvalue weighted by atomic mass is 10.0. The fourth-order valence-electron chi connectivity index (χ4n) is 2.89. The number of para-hydroxylation sites is 1. The van der Waals surface area contributed by atoms with E-state index >= 15 is 0 Å². The molecule has 0 fully saturated rings. The second kappa shape index (κ2) is 9.32. The van der Waals surface area contributed by atoms with Gasteiger partial charge in [-0.3, -0.25) is 4.79 Å². The first-order valence-electron chi connectivity index (χ1n) is 9.32. The smallest absolute Gasteiger partial charge is 0.338 e. The molecule has 0 aromatic heterocycles. The fourth-order valence-corrected chi connectivity index (χ4v) is 4.19. The molecule has 0 radical (unpaired) electrons. The van der Waals surface area contributed by atoms with E-state index in [0.717, 1.165) is 23.4 Å². The summed E-state index contributed by atoms with van der Waals surface area (Å²) < 4.78 is 28.9. The first-order chi connectivity index (χ1) is 14.7. The number of carbonyl (C=O) groups is 2. The van der Waals surface area contributed by atoms with Gasteiger partial charge in [-0.2, -0.15) is 0 Å². The van der Waals surface area contributed by atoms with Crippen LogP contribution in [0, 0.1) is 0 Å².